The van der Waals surface area contributed by atoms with Crippen molar-refractivity contribution in [1.29, 1.82) is 0 Å². The fourth-order valence-corrected chi connectivity index (χ4v) is 2.24. The molecule has 6 heteroatoms. The maximum absolute atomic E-state index is 13.6. The van der Waals surface area contributed by atoms with Crippen LogP contribution in [-0.4, -0.2) is 18.2 Å². The molecule has 0 aliphatic carbocycles. The second-order valence-electron chi connectivity index (χ2n) is 4.63. The van der Waals surface area contributed by atoms with Gasteiger partial charge in [-0.1, -0.05) is 28.1 Å². The van der Waals surface area contributed by atoms with E-state index in [2.05, 4.69) is 26.6 Å². The summed E-state index contributed by atoms with van der Waals surface area (Å²) in [6.07, 6.45) is 0. The van der Waals surface area contributed by atoms with Crippen molar-refractivity contribution in [2.24, 2.45) is 0 Å². The highest BCUT2D eigenvalue weighted by Crippen LogP contribution is 2.19. The summed E-state index contributed by atoms with van der Waals surface area (Å²) in [6.45, 7) is 1.32. The number of para-hydroxylation sites is 1. The molecule has 2 N–H and O–H groups in total. The highest BCUT2D eigenvalue weighted by Gasteiger charge is 2.10. The second-order valence-corrected chi connectivity index (χ2v) is 5.54. The van der Waals surface area contributed by atoms with E-state index in [4.69, 9.17) is 0 Å². The van der Waals surface area contributed by atoms with Gasteiger partial charge in [0.15, 0.2) is 5.78 Å². The van der Waals surface area contributed by atoms with Gasteiger partial charge >= 0.3 is 0 Å². The average Bonchev–Trinajstić information content (AvgIpc) is 2.46. The van der Waals surface area contributed by atoms with Crippen LogP contribution >= 0.6 is 15.9 Å². The third kappa shape index (κ3) is 4.14. The van der Waals surface area contributed by atoms with Crippen molar-refractivity contribution in [2.75, 3.05) is 17.2 Å². The summed E-state index contributed by atoms with van der Waals surface area (Å²) in [5, 5.41) is 5.36. The van der Waals surface area contributed by atoms with Crippen LogP contribution in [0.25, 0.3) is 0 Å². The Morgan fingerprint density at radius 1 is 1.14 bits per heavy atom. The highest BCUT2D eigenvalue weighted by atomic mass is 79.9. The van der Waals surface area contributed by atoms with E-state index < -0.39 is 5.82 Å². The minimum Gasteiger partial charge on any atom is -0.374 e. The zero-order valence-electron chi connectivity index (χ0n) is 11.8. The number of hydrogen-bond donors (Lipinski definition) is 2. The molecule has 0 aliphatic heterocycles. The van der Waals surface area contributed by atoms with Gasteiger partial charge in [-0.3, -0.25) is 9.59 Å². The number of Topliss-reactive ketones (excluding diaryl/α,β-unsaturated/α-hetero) is 1. The molecule has 4 nitrogen and oxygen atoms in total. The Balaban J connectivity index is 2.00. The first-order valence-corrected chi connectivity index (χ1v) is 7.35. The van der Waals surface area contributed by atoms with E-state index in [-0.39, 0.29) is 23.9 Å². The van der Waals surface area contributed by atoms with Gasteiger partial charge in [0, 0.05) is 10.0 Å². The van der Waals surface area contributed by atoms with E-state index in [1.807, 2.05) is 0 Å². The molecular formula is C16H14BrFN2O2. The molecule has 1 amide bonds. The molecule has 0 aliphatic rings. The first-order valence-electron chi connectivity index (χ1n) is 6.56. The molecule has 0 atom stereocenters. The third-order valence-corrected chi connectivity index (χ3v) is 3.44. The van der Waals surface area contributed by atoms with E-state index in [0.29, 0.717) is 15.7 Å². The van der Waals surface area contributed by atoms with Crippen LogP contribution in [0.15, 0.2) is 46.9 Å². The molecule has 0 aromatic heterocycles. The number of amides is 1. The van der Waals surface area contributed by atoms with Crippen LogP contribution in [0.2, 0.25) is 0 Å². The Bertz CT molecular complexity index is 719. The number of halogens is 2. The van der Waals surface area contributed by atoms with E-state index in [9.17, 15) is 14.0 Å². The van der Waals surface area contributed by atoms with Gasteiger partial charge in [-0.15, -0.1) is 0 Å². The summed E-state index contributed by atoms with van der Waals surface area (Å²) in [5.74, 6) is -0.954. The van der Waals surface area contributed by atoms with Gasteiger partial charge in [0.2, 0.25) is 5.91 Å². The van der Waals surface area contributed by atoms with Crippen molar-refractivity contribution in [2.45, 2.75) is 6.92 Å². The third-order valence-electron chi connectivity index (χ3n) is 2.95. The summed E-state index contributed by atoms with van der Waals surface area (Å²) in [4.78, 5) is 23.4. The first kappa shape index (κ1) is 16.2. The fraction of sp³-hybridized carbons (Fsp3) is 0.125. The van der Waals surface area contributed by atoms with E-state index in [1.54, 1.807) is 30.3 Å². The Morgan fingerprint density at radius 3 is 2.55 bits per heavy atom. The van der Waals surface area contributed by atoms with Crippen LogP contribution in [0, 0.1) is 5.82 Å². The molecule has 0 saturated carbocycles. The number of hydrogen-bond acceptors (Lipinski definition) is 3. The molecule has 0 unspecified atom stereocenters. The van der Waals surface area contributed by atoms with E-state index >= 15 is 0 Å². The van der Waals surface area contributed by atoms with Gasteiger partial charge < -0.3 is 10.6 Å². The minimum atomic E-state index is -0.452. The zero-order chi connectivity index (χ0) is 16.1. The van der Waals surface area contributed by atoms with Crippen LogP contribution in [-0.2, 0) is 4.79 Å². The lowest BCUT2D eigenvalue weighted by molar-refractivity contribution is -0.114. The number of ketones is 1. The predicted molar refractivity (Wildman–Crippen MR) is 87.7 cm³/mol. The summed E-state index contributed by atoms with van der Waals surface area (Å²) in [5.41, 5.74) is 1.11. The van der Waals surface area contributed by atoms with Gasteiger partial charge in [-0.05, 0) is 37.3 Å². The molecule has 22 heavy (non-hydrogen) atoms. The summed E-state index contributed by atoms with van der Waals surface area (Å²) >= 11 is 3.16. The predicted octanol–water partition coefficient (Wildman–Crippen LogP) is 3.84. The lowest BCUT2D eigenvalue weighted by atomic mass is 10.1. The minimum absolute atomic E-state index is 0.106. The van der Waals surface area contributed by atoms with Crippen molar-refractivity contribution in [3.8, 4) is 0 Å². The molecule has 0 bridgehead atoms. The largest absolute Gasteiger partial charge is 0.374 e. The fourth-order valence-electron chi connectivity index (χ4n) is 1.90. The van der Waals surface area contributed by atoms with Gasteiger partial charge in [0.1, 0.15) is 5.82 Å². The standard InChI is InChI=1S/C16H14BrFN2O2/c1-10(21)12-4-2-3-5-14(12)20-16(22)9-19-15-7-6-11(17)8-13(15)18/h2-8,19H,9H2,1H3,(H,20,22). The van der Waals surface area contributed by atoms with Gasteiger partial charge in [0.25, 0.3) is 0 Å². The lowest BCUT2D eigenvalue weighted by Gasteiger charge is -2.11. The van der Waals surface area contributed by atoms with Crippen LogP contribution in [0.1, 0.15) is 17.3 Å². The molecule has 0 heterocycles. The molecule has 0 fully saturated rings. The van der Waals surface area contributed by atoms with Crippen LogP contribution < -0.4 is 10.6 Å². The normalized spacial score (nSPS) is 10.1. The number of rotatable bonds is 5. The molecule has 0 radical (unpaired) electrons. The number of benzene rings is 2. The van der Waals surface area contributed by atoms with Gasteiger partial charge in [-0.2, -0.15) is 0 Å². The van der Waals surface area contributed by atoms with Gasteiger partial charge in [-0.25, -0.2) is 4.39 Å². The maximum Gasteiger partial charge on any atom is 0.243 e. The van der Waals surface area contributed by atoms with Crippen molar-refractivity contribution in [3.63, 3.8) is 0 Å². The quantitative estimate of drug-likeness (QED) is 0.792. The van der Waals surface area contributed by atoms with E-state index in [0.717, 1.165) is 0 Å². The molecule has 0 spiro atoms. The van der Waals surface area contributed by atoms with E-state index in [1.165, 1.54) is 19.1 Å². The van der Waals surface area contributed by atoms with Gasteiger partial charge in [0.05, 0.1) is 17.9 Å². The van der Waals surface area contributed by atoms with Crippen molar-refractivity contribution in [1.82, 2.24) is 0 Å². The Labute approximate surface area is 135 Å². The molecule has 2 aromatic carbocycles. The average molecular weight is 365 g/mol. The lowest BCUT2D eigenvalue weighted by Crippen LogP contribution is -2.23. The van der Waals surface area contributed by atoms with Crippen molar-refractivity contribution in [3.05, 3.63) is 58.3 Å². The topological polar surface area (TPSA) is 58.2 Å². The molecular weight excluding hydrogens is 351 g/mol. The van der Waals surface area contributed by atoms with Crippen molar-refractivity contribution >= 4 is 39.0 Å². The molecule has 0 saturated heterocycles. The van der Waals surface area contributed by atoms with Crippen LogP contribution in [0.3, 0.4) is 0 Å². The Morgan fingerprint density at radius 2 is 1.86 bits per heavy atom. The Hall–Kier alpha value is -2.21. The number of nitrogens with one attached hydrogen (secondary N) is 2. The number of anilines is 2. The maximum atomic E-state index is 13.6. The molecule has 114 valence electrons. The van der Waals surface area contributed by atoms with Crippen LogP contribution in [0.5, 0.6) is 0 Å². The second kappa shape index (κ2) is 7.17. The zero-order valence-corrected chi connectivity index (χ0v) is 13.4. The SMILES string of the molecule is CC(=O)c1ccccc1NC(=O)CNc1ccc(Br)cc1F. The number of carbonyl (C=O) groups excluding carboxylic acids is 2. The van der Waals surface area contributed by atoms with Crippen LogP contribution in [0.4, 0.5) is 15.8 Å². The monoisotopic (exact) mass is 364 g/mol. The number of carbonyl (C=O) groups is 2. The smallest absolute Gasteiger partial charge is 0.243 e. The first-order chi connectivity index (χ1) is 10.5. The highest BCUT2D eigenvalue weighted by molar-refractivity contribution is 9.10. The van der Waals surface area contributed by atoms with Crippen molar-refractivity contribution < 1.29 is 14.0 Å². The Kier molecular flexibility index (Phi) is 5.27. The molecule has 2 rings (SSSR count). The summed E-state index contributed by atoms with van der Waals surface area (Å²) in [7, 11) is 0. The summed E-state index contributed by atoms with van der Waals surface area (Å²) in [6, 6.07) is 11.3. The summed E-state index contributed by atoms with van der Waals surface area (Å²) < 4.78 is 14.2. The molecule has 2 aromatic rings.